The Morgan fingerprint density at radius 1 is 0.850 bits per heavy atom. The van der Waals surface area contributed by atoms with Crippen molar-refractivity contribution in [2.45, 2.75) is 88.4 Å². The normalized spacial score (nSPS) is 22.1. The summed E-state index contributed by atoms with van der Waals surface area (Å²) < 4.78 is 0. The summed E-state index contributed by atoms with van der Waals surface area (Å²) in [6, 6.07) is 0. The largest absolute Gasteiger partial charge is 0.221 e. The molecule has 2 saturated carbocycles. The van der Waals surface area contributed by atoms with Crippen molar-refractivity contribution in [2.24, 2.45) is 0 Å². The SMILES string of the molecule is C#C[Si](C#C[Si](C)C)(C1CCCCC1)C1CCCCC1. The van der Waals surface area contributed by atoms with E-state index in [1.54, 1.807) is 0 Å². The molecular formula is C18H29Si2. The maximum Gasteiger partial charge on any atom is 0.221 e. The predicted molar refractivity (Wildman–Crippen MR) is 93.5 cm³/mol. The molecule has 0 spiro atoms. The van der Waals surface area contributed by atoms with Gasteiger partial charge in [0.15, 0.2) is 0 Å². The van der Waals surface area contributed by atoms with E-state index in [0.29, 0.717) is 0 Å². The highest BCUT2D eigenvalue weighted by atomic mass is 28.3. The second-order valence-corrected chi connectivity index (χ2v) is 13.1. The fraction of sp³-hybridized carbons (Fsp3) is 0.778. The third-order valence-electron chi connectivity index (χ3n) is 5.26. The molecule has 0 aromatic rings. The van der Waals surface area contributed by atoms with Crippen molar-refractivity contribution < 1.29 is 0 Å². The van der Waals surface area contributed by atoms with E-state index in [4.69, 9.17) is 6.42 Å². The van der Waals surface area contributed by atoms with Gasteiger partial charge in [0.2, 0.25) is 8.07 Å². The monoisotopic (exact) mass is 301 g/mol. The molecule has 0 nitrogen and oxygen atoms in total. The highest BCUT2D eigenvalue weighted by Gasteiger charge is 2.46. The van der Waals surface area contributed by atoms with Crippen molar-refractivity contribution in [3.8, 4) is 23.1 Å². The van der Waals surface area contributed by atoms with Gasteiger partial charge in [-0.2, -0.15) is 0 Å². The van der Waals surface area contributed by atoms with E-state index < -0.39 is 16.9 Å². The van der Waals surface area contributed by atoms with E-state index in [1.165, 1.54) is 64.2 Å². The maximum atomic E-state index is 6.18. The van der Waals surface area contributed by atoms with Crippen molar-refractivity contribution >= 4 is 16.9 Å². The summed E-state index contributed by atoms with van der Waals surface area (Å²) in [7, 11) is -2.31. The van der Waals surface area contributed by atoms with E-state index >= 15 is 0 Å². The van der Waals surface area contributed by atoms with Crippen LogP contribution in [0.25, 0.3) is 0 Å². The van der Waals surface area contributed by atoms with E-state index in [-0.39, 0.29) is 0 Å². The topological polar surface area (TPSA) is 0 Å². The molecule has 0 atom stereocenters. The second kappa shape index (κ2) is 7.53. The van der Waals surface area contributed by atoms with Crippen molar-refractivity contribution in [3.63, 3.8) is 0 Å². The summed E-state index contributed by atoms with van der Waals surface area (Å²) in [6.45, 7) is 4.60. The van der Waals surface area contributed by atoms with Gasteiger partial charge in [0, 0.05) is 0 Å². The Morgan fingerprint density at radius 2 is 1.30 bits per heavy atom. The van der Waals surface area contributed by atoms with Gasteiger partial charge in [-0.25, -0.2) is 0 Å². The summed E-state index contributed by atoms with van der Waals surface area (Å²) in [5.74, 6) is 0. The third kappa shape index (κ3) is 3.60. The second-order valence-electron chi connectivity index (χ2n) is 6.93. The van der Waals surface area contributed by atoms with Crippen LogP contribution in [0.5, 0.6) is 0 Å². The molecule has 109 valence electrons. The molecule has 1 radical (unpaired) electrons. The summed E-state index contributed by atoms with van der Waals surface area (Å²) in [6.07, 6.45) is 20.1. The maximum absolute atomic E-state index is 6.18. The molecule has 0 aromatic carbocycles. The highest BCUT2D eigenvalue weighted by Crippen LogP contribution is 2.47. The summed E-state index contributed by atoms with van der Waals surface area (Å²) in [5, 5.41) is 0. The van der Waals surface area contributed by atoms with Crippen LogP contribution in [-0.2, 0) is 0 Å². The van der Waals surface area contributed by atoms with E-state index in [0.717, 1.165) is 11.1 Å². The predicted octanol–water partition coefficient (Wildman–Crippen LogP) is 5.11. The van der Waals surface area contributed by atoms with Gasteiger partial charge in [0.05, 0.1) is 0 Å². The zero-order valence-corrected chi connectivity index (χ0v) is 15.3. The molecule has 0 heterocycles. The first-order chi connectivity index (χ1) is 9.69. The van der Waals surface area contributed by atoms with Gasteiger partial charge in [-0.3, -0.25) is 0 Å². The Kier molecular flexibility index (Phi) is 6.00. The Balaban J connectivity index is 2.29. The fourth-order valence-electron chi connectivity index (χ4n) is 4.15. The van der Waals surface area contributed by atoms with Crippen LogP contribution in [0.4, 0.5) is 0 Å². The van der Waals surface area contributed by atoms with Crippen LogP contribution >= 0.6 is 0 Å². The van der Waals surface area contributed by atoms with Crippen LogP contribution in [0.3, 0.4) is 0 Å². The summed E-state index contributed by atoms with van der Waals surface area (Å²) in [4.78, 5) is 0. The number of terminal acetylenes is 1. The van der Waals surface area contributed by atoms with Crippen LogP contribution in [-0.4, -0.2) is 16.9 Å². The number of hydrogen-bond donors (Lipinski definition) is 0. The minimum atomic E-state index is -1.84. The lowest BCUT2D eigenvalue weighted by Gasteiger charge is -2.40. The van der Waals surface area contributed by atoms with Crippen LogP contribution in [0.1, 0.15) is 64.2 Å². The lowest BCUT2D eigenvalue weighted by atomic mass is 9.99. The first kappa shape index (κ1) is 15.9. The molecule has 0 amide bonds. The fourth-order valence-corrected chi connectivity index (χ4v) is 10.2. The van der Waals surface area contributed by atoms with Crippen molar-refractivity contribution in [3.05, 3.63) is 0 Å². The first-order valence-electron chi connectivity index (χ1n) is 8.50. The quantitative estimate of drug-likeness (QED) is 0.491. The smallest absolute Gasteiger partial charge is 0.139 e. The van der Waals surface area contributed by atoms with E-state index in [1.807, 2.05) is 0 Å². The molecule has 2 heteroatoms. The van der Waals surface area contributed by atoms with Crippen molar-refractivity contribution in [1.82, 2.24) is 0 Å². The molecular weight excluding hydrogens is 272 g/mol. The average Bonchev–Trinajstić information content (AvgIpc) is 2.50. The molecule has 20 heavy (non-hydrogen) atoms. The standard InChI is InChI=1S/C18H29Si2/c1-4-20(16-15-19(2)3,17-11-7-5-8-12-17)18-13-9-6-10-14-18/h1,17-18H,5-14H2,2-3H3. The van der Waals surface area contributed by atoms with Crippen molar-refractivity contribution in [2.75, 3.05) is 0 Å². The van der Waals surface area contributed by atoms with Gasteiger partial charge in [-0.05, 0) is 11.1 Å². The van der Waals surface area contributed by atoms with Gasteiger partial charge >= 0.3 is 0 Å². The zero-order chi connectivity index (χ0) is 14.4. The highest BCUT2D eigenvalue weighted by molar-refractivity contribution is 6.97. The molecule has 2 fully saturated rings. The average molecular weight is 302 g/mol. The molecule has 2 rings (SSSR count). The van der Waals surface area contributed by atoms with Gasteiger partial charge in [-0.15, -0.1) is 23.1 Å². The molecule has 0 aromatic heterocycles. The van der Waals surface area contributed by atoms with Gasteiger partial charge in [-0.1, -0.05) is 77.3 Å². The van der Waals surface area contributed by atoms with Crippen LogP contribution in [0, 0.1) is 23.1 Å². The Morgan fingerprint density at radius 3 is 1.65 bits per heavy atom. The minimum absolute atomic E-state index is 0.475. The molecule has 0 N–H and O–H groups in total. The van der Waals surface area contributed by atoms with Crippen LogP contribution in [0.2, 0.25) is 24.2 Å². The Labute approximate surface area is 128 Å². The Bertz CT molecular complexity index is 377. The zero-order valence-electron chi connectivity index (χ0n) is 13.3. The molecule has 0 unspecified atom stereocenters. The first-order valence-corrected chi connectivity index (χ1v) is 13.2. The molecule has 0 bridgehead atoms. The number of rotatable bonds is 2. The lowest BCUT2D eigenvalue weighted by Crippen LogP contribution is -2.45. The third-order valence-corrected chi connectivity index (χ3v) is 10.9. The van der Waals surface area contributed by atoms with Crippen molar-refractivity contribution in [1.29, 1.82) is 0 Å². The summed E-state index contributed by atoms with van der Waals surface area (Å²) >= 11 is 0. The Hall–Kier alpha value is -0.446. The molecule has 0 saturated heterocycles. The van der Waals surface area contributed by atoms with Crippen LogP contribution < -0.4 is 0 Å². The molecule has 2 aliphatic carbocycles. The van der Waals surface area contributed by atoms with Crippen LogP contribution in [0.15, 0.2) is 0 Å². The van der Waals surface area contributed by atoms with E-state index in [2.05, 4.69) is 29.7 Å². The molecule has 0 aliphatic heterocycles. The van der Waals surface area contributed by atoms with E-state index in [9.17, 15) is 0 Å². The number of hydrogen-bond acceptors (Lipinski definition) is 0. The minimum Gasteiger partial charge on any atom is -0.139 e. The van der Waals surface area contributed by atoms with Gasteiger partial charge in [0.25, 0.3) is 0 Å². The molecule has 2 aliphatic rings. The van der Waals surface area contributed by atoms with Gasteiger partial charge in [0.1, 0.15) is 8.80 Å². The summed E-state index contributed by atoms with van der Waals surface area (Å²) in [5.41, 5.74) is 12.4. The van der Waals surface area contributed by atoms with Gasteiger partial charge < -0.3 is 0 Å². The lowest BCUT2D eigenvalue weighted by molar-refractivity contribution is 0.460.